The number of nitrogens with zero attached hydrogens (tertiary/aromatic N) is 8. The Labute approximate surface area is 769 Å². The third kappa shape index (κ3) is 11.4. The van der Waals surface area contributed by atoms with Crippen LogP contribution in [-0.2, 0) is 0 Å². The molecule has 0 radical (unpaired) electrons. The zero-order chi connectivity index (χ0) is 87.5. The van der Waals surface area contributed by atoms with E-state index in [9.17, 15) is 0 Å². The zero-order valence-corrected chi connectivity index (χ0v) is 72.8. The molecule has 0 saturated carbocycles. The van der Waals surface area contributed by atoms with E-state index in [-0.39, 0.29) is 0 Å². The number of thiophene rings is 1. The van der Waals surface area contributed by atoms with Crippen molar-refractivity contribution in [2.75, 3.05) is 0 Å². The lowest BCUT2D eigenvalue weighted by molar-refractivity contribution is 0.670. The van der Waals surface area contributed by atoms with E-state index in [1.807, 2.05) is 59.9 Å². The summed E-state index contributed by atoms with van der Waals surface area (Å²) < 4.78 is 18.8. The third-order valence-corrected chi connectivity index (χ3v) is 29.2. The highest BCUT2D eigenvalue weighted by Gasteiger charge is 2.26. The van der Waals surface area contributed by atoms with Crippen LogP contribution in [0, 0.1) is 0 Å². The minimum Gasteiger partial charge on any atom is -0.455 e. The standard InChI is InChI=1S/C62H36N4O.C62H36N4S/c1-2-13-38-35-57-51(33-37(38)12-1)46-14-3-8-21-55(46)66(57)45-29-27-41-36-58-52(34-43(41)32-45)47-15-4-9-22-56(47)65(58)44-28-26-39-30-42(25-24-40(39)31-44)60-61(64-54-20-7-6-19-53(54)63-60)50-18-11-17-49-48-16-5-10-23-59(48)67-62(49)50;1-2-13-39-35-57-51(33-38(39)12-1)46-14-3-8-21-55(46)66(57)45-29-27-40-36-58-52(34-43(40)32-45)47-15-4-9-22-56(47)65(58)44-28-26-37-24-25-41(30-42(37)31-44)60-61(64-54-20-7-6-19-53(54)63-60)50-18-11-17-49-48-16-5-10-23-59(48)67-62(49)50/h2*1-36H. The lowest BCUT2D eigenvalue weighted by Gasteiger charge is -2.13. The predicted octanol–water partition coefficient (Wildman–Crippen LogP) is 33.5. The molecule has 0 aliphatic carbocycles. The molecule has 0 amide bonds. The van der Waals surface area contributed by atoms with Gasteiger partial charge in [0.1, 0.15) is 16.9 Å². The Kier molecular flexibility index (Phi) is 16.0. The number of furan rings is 1. The fraction of sp³-hybridized carbons (Fsp3) is 0. The first kappa shape index (κ1) is 74.3. The molecular weight excluding hydrogens is 1650 g/mol. The number of para-hydroxylation sites is 10. The number of hydrogen-bond acceptors (Lipinski definition) is 6. The molecule has 0 aliphatic heterocycles. The predicted molar refractivity (Wildman–Crippen MR) is 563 cm³/mol. The average Bonchev–Trinajstić information content (AvgIpc) is 1.58. The van der Waals surface area contributed by atoms with Crippen LogP contribution in [-0.4, -0.2) is 38.2 Å². The molecule has 10 heteroatoms. The van der Waals surface area contributed by atoms with Crippen molar-refractivity contribution >= 4 is 227 Å². The summed E-state index contributed by atoms with van der Waals surface area (Å²) >= 11 is 1.83. The van der Waals surface area contributed by atoms with Gasteiger partial charge in [0.2, 0.25) is 0 Å². The number of benzene rings is 22. The zero-order valence-electron chi connectivity index (χ0n) is 72.0. The Hall–Kier alpha value is -17.7. The molecule has 0 fully saturated rings. The largest absolute Gasteiger partial charge is 0.455 e. The van der Waals surface area contributed by atoms with Crippen molar-refractivity contribution in [1.29, 1.82) is 0 Å². The number of aromatic nitrogens is 8. The lowest BCUT2D eigenvalue weighted by Crippen LogP contribution is -1.96. The first-order valence-corrected chi connectivity index (χ1v) is 46.4. The number of rotatable bonds is 8. The smallest absolute Gasteiger partial charge is 0.144 e. The summed E-state index contributed by atoms with van der Waals surface area (Å²) in [7, 11) is 0. The van der Waals surface area contributed by atoms with E-state index >= 15 is 0 Å². The van der Waals surface area contributed by atoms with E-state index < -0.39 is 0 Å². The van der Waals surface area contributed by atoms with Crippen molar-refractivity contribution in [2.45, 2.75) is 0 Å². The molecule has 0 bridgehead atoms. The maximum absolute atomic E-state index is 6.53. The van der Waals surface area contributed by atoms with Crippen LogP contribution in [0.25, 0.3) is 284 Å². The van der Waals surface area contributed by atoms with Crippen LogP contribution in [0.15, 0.2) is 441 Å². The average molecular weight is 1720 g/mol. The molecule has 22 aromatic carbocycles. The molecule has 0 unspecified atom stereocenters. The van der Waals surface area contributed by atoms with Crippen LogP contribution < -0.4 is 0 Å². The topological polar surface area (TPSA) is 84.4 Å². The quantitative estimate of drug-likeness (QED) is 0.151. The lowest BCUT2D eigenvalue weighted by atomic mass is 9.99. The molecular formula is C124H72N8OS. The summed E-state index contributed by atoms with van der Waals surface area (Å²) in [4.78, 5) is 21.3. The third-order valence-electron chi connectivity index (χ3n) is 28.0. The second kappa shape index (κ2) is 28.9. The Morgan fingerprint density at radius 1 is 0.187 bits per heavy atom. The minimum atomic E-state index is 0.799. The van der Waals surface area contributed by atoms with Gasteiger partial charge in [0.05, 0.1) is 83.3 Å². The van der Waals surface area contributed by atoms with Gasteiger partial charge in [0, 0.05) is 119 Å². The van der Waals surface area contributed by atoms with Crippen LogP contribution in [0.2, 0.25) is 0 Å². The van der Waals surface area contributed by atoms with E-state index in [1.165, 1.54) is 156 Å². The van der Waals surface area contributed by atoms with Gasteiger partial charge < -0.3 is 22.7 Å². The summed E-state index contributed by atoms with van der Waals surface area (Å²) in [5, 5.41) is 29.0. The Morgan fingerprint density at radius 3 is 0.985 bits per heavy atom. The Bertz CT molecular complexity index is 10400. The molecule has 0 aliphatic rings. The first-order valence-electron chi connectivity index (χ1n) is 45.6. The normalized spacial score (nSPS) is 12.2. The Morgan fingerprint density at radius 2 is 0.500 bits per heavy atom. The SMILES string of the molecule is c1ccc2cc3c(cc2c1)c1ccccc1n3-c1ccc2cc3c(cc2c1)c1ccccc1n3-c1ccc2cc(-c3nc4ccccc4nc3-c3cccc4c3oc3ccccc34)ccc2c1.c1ccc2cc3c(cc2c1)c1ccccc1n3-c1ccc2cc3c(cc2c1)c1ccccc1n3-c1ccc2ccc(-c3nc4ccccc4nc3-c3cccc4c3sc3ccccc34)cc2c1. The van der Waals surface area contributed by atoms with Crippen LogP contribution in [0.3, 0.4) is 0 Å². The van der Waals surface area contributed by atoms with E-state index in [1.54, 1.807) is 0 Å². The van der Waals surface area contributed by atoms with Gasteiger partial charge in [-0.1, -0.05) is 261 Å². The number of hydrogen-bond donors (Lipinski definition) is 0. The number of fused-ring (bicyclic) bond motifs is 26. The fourth-order valence-corrected chi connectivity index (χ4v) is 23.0. The van der Waals surface area contributed by atoms with Crippen molar-refractivity contribution in [2.24, 2.45) is 0 Å². The van der Waals surface area contributed by atoms with E-state index in [2.05, 4.69) is 407 Å². The second-order valence-electron chi connectivity index (χ2n) is 35.5. The first-order chi connectivity index (χ1) is 66.4. The molecule has 30 aromatic rings. The van der Waals surface area contributed by atoms with Crippen LogP contribution in [0.4, 0.5) is 0 Å². The highest BCUT2D eigenvalue weighted by atomic mass is 32.1. The molecule has 9 nitrogen and oxygen atoms in total. The van der Waals surface area contributed by atoms with Crippen LogP contribution in [0.1, 0.15) is 0 Å². The summed E-state index contributed by atoms with van der Waals surface area (Å²) in [5.74, 6) is 0. The van der Waals surface area contributed by atoms with Gasteiger partial charge in [-0.25, -0.2) is 19.9 Å². The van der Waals surface area contributed by atoms with E-state index in [0.717, 1.165) is 128 Å². The molecule has 8 aromatic heterocycles. The van der Waals surface area contributed by atoms with Gasteiger partial charge in [-0.05, 0) is 241 Å². The fourth-order valence-electron chi connectivity index (χ4n) is 21.8. The van der Waals surface area contributed by atoms with Crippen molar-refractivity contribution in [3.8, 4) is 67.8 Å². The maximum Gasteiger partial charge on any atom is 0.144 e. The van der Waals surface area contributed by atoms with Crippen molar-refractivity contribution in [3.05, 3.63) is 437 Å². The van der Waals surface area contributed by atoms with E-state index in [4.69, 9.17) is 24.4 Å². The summed E-state index contributed by atoms with van der Waals surface area (Å²) in [6.07, 6.45) is 0. The molecule has 0 N–H and O–H groups in total. The molecule has 620 valence electrons. The minimum absolute atomic E-state index is 0.799. The van der Waals surface area contributed by atoms with Gasteiger partial charge >= 0.3 is 0 Å². The summed E-state index contributed by atoms with van der Waals surface area (Å²) in [6.45, 7) is 0. The summed E-state index contributed by atoms with van der Waals surface area (Å²) in [6, 6.07) is 158. The van der Waals surface area contributed by atoms with Crippen molar-refractivity contribution in [1.82, 2.24) is 38.2 Å². The molecule has 0 spiro atoms. The second-order valence-corrected chi connectivity index (χ2v) is 36.6. The molecule has 30 rings (SSSR count). The molecule has 0 saturated heterocycles. The highest BCUT2D eigenvalue weighted by molar-refractivity contribution is 7.26. The van der Waals surface area contributed by atoms with Crippen molar-refractivity contribution < 1.29 is 4.42 Å². The van der Waals surface area contributed by atoms with Gasteiger partial charge in [-0.2, -0.15) is 0 Å². The Balaban J connectivity index is 0.000000131. The van der Waals surface area contributed by atoms with Gasteiger partial charge in [-0.3, -0.25) is 0 Å². The monoisotopic (exact) mass is 1720 g/mol. The maximum atomic E-state index is 6.53. The van der Waals surface area contributed by atoms with Crippen LogP contribution >= 0.6 is 11.3 Å². The molecule has 8 heterocycles. The molecule has 0 atom stereocenters. The van der Waals surface area contributed by atoms with Gasteiger partial charge in [0.25, 0.3) is 0 Å². The highest BCUT2D eigenvalue weighted by Crippen LogP contribution is 2.48. The van der Waals surface area contributed by atoms with Gasteiger partial charge in [-0.15, -0.1) is 11.3 Å². The molecule has 134 heavy (non-hydrogen) atoms. The van der Waals surface area contributed by atoms with E-state index in [0.29, 0.717) is 0 Å². The summed E-state index contributed by atoms with van der Waals surface area (Å²) in [5.41, 5.74) is 26.7. The van der Waals surface area contributed by atoms with Gasteiger partial charge in [0.15, 0.2) is 0 Å². The van der Waals surface area contributed by atoms with Crippen molar-refractivity contribution in [3.63, 3.8) is 0 Å². The van der Waals surface area contributed by atoms with Crippen LogP contribution in [0.5, 0.6) is 0 Å².